The van der Waals surface area contributed by atoms with Gasteiger partial charge in [0.25, 0.3) is 0 Å². The van der Waals surface area contributed by atoms with Crippen molar-refractivity contribution in [2.24, 2.45) is 5.92 Å². The zero-order valence-electron chi connectivity index (χ0n) is 18.5. The fourth-order valence-electron chi connectivity index (χ4n) is 4.08. The summed E-state index contributed by atoms with van der Waals surface area (Å²) in [6.45, 7) is 0.777. The van der Waals surface area contributed by atoms with E-state index in [0.29, 0.717) is 54.3 Å². The smallest absolute Gasteiger partial charge is 0.231 e. The van der Waals surface area contributed by atoms with Crippen LogP contribution in [0.25, 0.3) is 17.0 Å². The van der Waals surface area contributed by atoms with Crippen molar-refractivity contribution < 1.29 is 19.0 Å². The summed E-state index contributed by atoms with van der Waals surface area (Å²) >= 11 is 0. The lowest BCUT2D eigenvalue weighted by atomic mass is 9.87. The van der Waals surface area contributed by atoms with E-state index in [9.17, 15) is 4.79 Å². The van der Waals surface area contributed by atoms with Crippen LogP contribution in [0.15, 0.2) is 30.3 Å². The van der Waals surface area contributed by atoms with Crippen LogP contribution >= 0.6 is 0 Å². The van der Waals surface area contributed by atoms with E-state index in [2.05, 4.69) is 20.6 Å². The monoisotopic (exact) mass is 439 g/mol. The number of aromatic nitrogens is 4. The van der Waals surface area contributed by atoms with Crippen molar-refractivity contribution in [2.75, 3.05) is 27.4 Å². The maximum atomic E-state index is 12.1. The molecule has 0 bridgehead atoms. The molecule has 9 heteroatoms. The summed E-state index contributed by atoms with van der Waals surface area (Å²) < 4.78 is 18.0. The molecule has 1 saturated carbocycles. The summed E-state index contributed by atoms with van der Waals surface area (Å²) in [7, 11) is 3.18. The molecule has 9 nitrogen and oxygen atoms in total. The molecule has 0 spiro atoms. The van der Waals surface area contributed by atoms with Gasteiger partial charge in [0.15, 0.2) is 23.0 Å². The summed E-state index contributed by atoms with van der Waals surface area (Å²) in [6, 6.07) is 9.04. The third-order valence-electron chi connectivity index (χ3n) is 5.75. The van der Waals surface area contributed by atoms with Crippen LogP contribution in [0.1, 0.15) is 38.5 Å². The predicted octanol–water partition coefficient (Wildman–Crippen LogP) is 3.27. The second kappa shape index (κ2) is 10.3. The average Bonchev–Trinajstić information content (AvgIpc) is 3.25. The highest BCUT2D eigenvalue weighted by Crippen LogP contribution is 2.31. The van der Waals surface area contributed by atoms with Gasteiger partial charge in [0.2, 0.25) is 11.8 Å². The van der Waals surface area contributed by atoms with Gasteiger partial charge in [-0.05, 0) is 43.0 Å². The minimum Gasteiger partial charge on any atom is -0.493 e. The third-order valence-corrected chi connectivity index (χ3v) is 5.75. The topological polar surface area (TPSA) is 99.9 Å². The highest BCUT2D eigenvalue weighted by molar-refractivity contribution is 5.76. The SMILES string of the molecule is COc1ccc(-c2nnc3ccc(OCCNC(=O)CC4CCCCC4)nn23)cc1OC. The Bertz CT molecular complexity index is 1060. The third kappa shape index (κ3) is 5.09. The van der Waals surface area contributed by atoms with Crippen molar-refractivity contribution in [1.82, 2.24) is 25.1 Å². The molecule has 0 aliphatic heterocycles. The van der Waals surface area contributed by atoms with E-state index in [1.165, 1.54) is 19.3 Å². The summed E-state index contributed by atoms with van der Waals surface area (Å²) in [6.07, 6.45) is 6.71. The van der Waals surface area contributed by atoms with E-state index in [1.807, 2.05) is 18.2 Å². The van der Waals surface area contributed by atoms with Gasteiger partial charge in [-0.1, -0.05) is 19.3 Å². The maximum absolute atomic E-state index is 12.1. The molecule has 1 N–H and O–H groups in total. The Balaban J connectivity index is 1.37. The molecule has 1 fully saturated rings. The molecule has 32 heavy (non-hydrogen) atoms. The minimum absolute atomic E-state index is 0.0958. The van der Waals surface area contributed by atoms with Gasteiger partial charge >= 0.3 is 0 Å². The highest BCUT2D eigenvalue weighted by atomic mass is 16.5. The fourth-order valence-corrected chi connectivity index (χ4v) is 4.08. The molecule has 0 unspecified atom stereocenters. The second-order valence-corrected chi connectivity index (χ2v) is 7.94. The maximum Gasteiger partial charge on any atom is 0.231 e. The van der Waals surface area contributed by atoms with Gasteiger partial charge in [-0.25, -0.2) is 0 Å². The largest absolute Gasteiger partial charge is 0.493 e. The first-order valence-corrected chi connectivity index (χ1v) is 11.0. The zero-order chi connectivity index (χ0) is 22.3. The van der Waals surface area contributed by atoms with E-state index in [0.717, 1.165) is 18.4 Å². The standard InChI is InChI=1S/C23H29N5O4/c1-30-18-9-8-17(15-19(18)31-2)23-26-25-20-10-11-22(27-28(20)23)32-13-12-24-21(29)14-16-6-4-3-5-7-16/h8-11,15-16H,3-7,12-14H2,1-2H3,(H,24,29). The van der Waals surface area contributed by atoms with Crippen LogP contribution in [0, 0.1) is 5.92 Å². The van der Waals surface area contributed by atoms with E-state index >= 15 is 0 Å². The number of rotatable bonds is 9. The van der Waals surface area contributed by atoms with Crippen LogP contribution in [0.4, 0.5) is 0 Å². The van der Waals surface area contributed by atoms with Gasteiger partial charge in [0.05, 0.1) is 20.8 Å². The Kier molecular flexibility index (Phi) is 7.03. The first kappa shape index (κ1) is 21.9. The number of nitrogens with one attached hydrogen (secondary N) is 1. The molecule has 1 amide bonds. The number of benzene rings is 1. The van der Waals surface area contributed by atoms with Crippen LogP contribution in [-0.2, 0) is 4.79 Å². The van der Waals surface area contributed by atoms with Crippen molar-refractivity contribution in [3.63, 3.8) is 0 Å². The Labute approximate surface area is 187 Å². The number of hydrogen-bond donors (Lipinski definition) is 1. The van der Waals surface area contributed by atoms with Gasteiger partial charge < -0.3 is 19.5 Å². The number of fused-ring (bicyclic) bond motifs is 1. The Morgan fingerprint density at radius 1 is 1.06 bits per heavy atom. The summed E-state index contributed by atoms with van der Waals surface area (Å²) in [5.41, 5.74) is 1.39. The van der Waals surface area contributed by atoms with E-state index in [4.69, 9.17) is 14.2 Å². The fraction of sp³-hybridized carbons (Fsp3) is 0.478. The second-order valence-electron chi connectivity index (χ2n) is 7.94. The molecular weight excluding hydrogens is 410 g/mol. The quantitative estimate of drug-likeness (QED) is 0.511. The summed E-state index contributed by atoms with van der Waals surface area (Å²) in [5.74, 6) is 2.84. The van der Waals surface area contributed by atoms with E-state index in [1.54, 1.807) is 30.9 Å². The number of methoxy groups -OCH3 is 2. The van der Waals surface area contributed by atoms with Gasteiger partial charge in [-0.3, -0.25) is 4.79 Å². The first-order valence-electron chi connectivity index (χ1n) is 11.0. The summed E-state index contributed by atoms with van der Waals surface area (Å²) in [4.78, 5) is 12.1. The van der Waals surface area contributed by atoms with Crippen LogP contribution in [0.5, 0.6) is 17.4 Å². The van der Waals surface area contributed by atoms with Gasteiger partial charge in [-0.2, -0.15) is 4.52 Å². The molecule has 0 atom stereocenters. The lowest BCUT2D eigenvalue weighted by molar-refractivity contribution is -0.122. The van der Waals surface area contributed by atoms with Gasteiger partial charge in [-0.15, -0.1) is 15.3 Å². The van der Waals surface area contributed by atoms with Crippen molar-refractivity contribution >= 4 is 11.6 Å². The highest BCUT2D eigenvalue weighted by Gasteiger charge is 2.17. The van der Waals surface area contributed by atoms with Crippen LogP contribution < -0.4 is 19.5 Å². The Hall–Kier alpha value is -3.36. The molecule has 1 aliphatic rings. The van der Waals surface area contributed by atoms with E-state index < -0.39 is 0 Å². The van der Waals surface area contributed by atoms with Gasteiger partial charge in [0, 0.05) is 18.1 Å². The van der Waals surface area contributed by atoms with Crippen molar-refractivity contribution in [1.29, 1.82) is 0 Å². The van der Waals surface area contributed by atoms with Crippen LogP contribution in [0.3, 0.4) is 0 Å². The van der Waals surface area contributed by atoms with Gasteiger partial charge in [0.1, 0.15) is 6.61 Å². The molecule has 4 rings (SSSR count). The molecule has 0 saturated heterocycles. The van der Waals surface area contributed by atoms with E-state index in [-0.39, 0.29) is 5.91 Å². The van der Waals surface area contributed by atoms with Crippen molar-refractivity contribution in [3.8, 4) is 28.8 Å². The van der Waals surface area contributed by atoms with Crippen molar-refractivity contribution in [3.05, 3.63) is 30.3 Å². The first-order chi connectivity index (χ1) is 15.7. The normalized spacial score (nSPS) is 14.3. The molecule has 2 heterocycles. The minimum atomic E-state index is 0.0958. The molecule has 0 radical (unpaired) electrons. The predicted molar refractivity (Wildman–Crippen MR) is 119 cm³/mol. The summed E-state index contributed by atoms with van der Waals surface area (Å²) in [5, 5.41) is 15.9. The lowest BCUT2D eigenvalue weighted by Crippen LogP contribution is -2.30. The Morgan fingerprint density at radius 2 is 1.88 bits per heavy atom. The van der Waals surface area contributed by atoms with Crippen molar-refractivity contribution in [2.45, 2.75) is 38.5 Å². The lowest BCUT2D eigenvalue weighted by Gasteiger charge is -2.20. The number of nitrogens with zero attached hydrogens (tertiary/aromatic N) is 4. The number of carbonyl (C=O) groups excluding carboxylic acids is 1. The molecule has 1 aliphatic carbocycles. The van der Waals surface area contributed by atoms with Crippen LogP contribution in [-0.4, -0.2) is 53.1 Å². The molecule has 1 aromatic carbocycles. The number of amides is 1. The molecule has 170 valence electrons. The molecule has 2 aromatic heterocycles. The average molecular weight is 440 g/mol. The Morgan fingerprint density at radius 3 is 2.66 bits per heavy atom. The zero-order valence-corrected chi connectivity index (χ0v) is 18.5. The number of hydrogen-bond acceptors (Lipinski definition) is 7. The van der Waals surface area contributed by atoms with Crippen LogP contribution in [0.2, 0.25) is 0 Å². The number of carbonyl (C=O) groups is 1. The molecular formula is C23H29N5O4. The molecule has 3 aromatic rings. The number of ether oxygens (including phenoxy) is 3.